The van der Waals surface area contributed by atoms with Crippen molar-refractivity contribution in [1.29, 1.82) is 0 Å². The molecule has 0 saturated heterocycles. The van der Waals surface area contributed by atoms with Gasteiger partial charge >= 0.3 is 0 Å². The summed E-state index contributed by atoms with van der Waals surface area (Å²) in [6.07, 6.45) is 0. The number of nitrogens with zero attached hydrogens (tertiary/aromatic N) is 1. The molecule has 4 nitrogen and oxygen atoms in total. The number of anilines is 1. The van der Waals surface area contributed by atoms with Crippen LogP contribution in [0, 0.1) is 0 Å². The van der Waals surface area contributed by atoms with Crippen LogP contribution in [0.15, 0.2) is 71.1 Å². The third-order valence-corrected chi connectivity index (χ3v) is 6.51. The van der Waals surface area contributed by atoms with E-state index in [2.05, 4.69) is 10.3 Å². The van der Waals surface area contributed by atoms with Crippen LogP contribution in [-0.2, 0) is 4.79 Å². The second-order valence-electron chi connectivity index (χ2n) is 6.01. The van der Waals surface area contributed by atoms with Crippen molar-refractivity contribution in [2.24, 2.45) is 0 Å². The summed E-state index contributed by atoms with van der Waals surface area (Å²) in [6, 6.07) is 19.9. The smallest absolute Gasteiger partial charge is 0.234 e. The van der Waals surface area contributed by atoms with Crippen LogP contribution in [0.4, 0.5) is 5.69 Å². The van der Waals surface area contributed by atoms with Crippen molar-refractivity contribution in [1.82, 2.24) is 4.98 Å². The van der Waals surface area contributed by atoms with Crippen molar-refractivity contribution in [3.63, 3.8) is 0 Å². The van der Waals surface area contributed by atoms with Gasteiger partial charge in [-0.2, -0.15) is 0 Å². The summed E-state index contributed by atoms with van der Waals surface area (Å²) in [7, 11) is 0. The molecule has 0 aliphatic heterocycles. The van der Waals surface area contributed by atoms with E-state index in [1.54, 1.807) is 59.9 Å². The van der Waals surface area contributed by atoms with Crippen LogP contribution in [0.1, 0.15) is 0 Å². The predicted molar refractivity (Wildman–Crippen MR) is 122 cm³/mol. The average molecular weight is 461 g/mol. The summed E-state index contributed by atoms with van der Waals surface area (Å²) in [5.41, 5.74) is 1.55. The molecular formula is C21H14Cl2N2O2S2. The summed E-state index contributed by atoms with van der Waals surface area (Å²) in [5, 5.41) is 4.19. The molecule has 0 radical (unpaired) electrons. The van der Waals surface area contributed by atoms with Crippen molar-refractivity contribution < 1.29 is 9.53 Å². The van der Waals surface area contributed by atoms with E-state index in [1.807, 2.05) is 18.2 Å². The quantitative estimate of drug-likeness (QED) is 0.311. The number of halogens is 2. The molecular weight excluding hydrogens is 447 g/mol. The molecule has 0 atom stereocenters. The van der Waals surface area contributed by atoms with Gasteiger partial charge in [0.05, 0.1) is 16.0 Å². The minimum Gasteiger partial charge on any atom is -0.457 e. The molecule has 8 heteroatoms. The van der Waals surface area contributed by atoms with E-state index in [0.717, 1.165) is 14.6 Å². The number of ether oxygens (including phenoxy) is 1. The molecule has 0 bridgehead atoms. The van der Waals surface area contributed by atoms with Crippen LogP contribution in [0.3, 0.4) is 0 Å². The standard InChI is InChI=1S/C21H14Cl2N2O2S2/c22-13-1-6-16(7-2-13)27-17-8-4-15(5-9-17)24-20(26)12-28-21-25-18-11-14(23)3-10-19(18)29-21/h1-11H,12H2,(H,24,26). The third-order valence-electron chi connectivity index (χ3n) is 3.84. The molecule has 0 fully saturated rings. The summed E-state index contributed by atoms with van der Waals surface area (Å²) in [5.74, 6) is 1.54. The zero-order chi connectivity index (χ0) is 20.2. The van der Waals surface area contributed by atoms with E-state index in [-0.39, 0.29) is 11.7 Å². The van der Waals surface area contributed by atoms with E-state index in [0.29, 0.717) is 27.2 Å². The number of rotatable bonds is 6. The van der Waals surface area contributed by atoms with Crippen LogP contribution in [-0.4, -0.2) is 16.6 Å². The summed E-state index contributed by atoms with van der Waals surface area (Å²) >= 11 is 14.8. The second kappa shape index (κ2) is 9.05. The van der Waals surface area contributed by atoms with Gasteiger partial charge in [-0.25, -0.2) is 4.98 Å². The normalized spacial score (nSPS) is 10.8. The lowest BCUT2D eigenvalue weighted by Gasteiger charge is -2.08. The first-order chi connectivity index (χ1) is 14.0. The number of thiazole rings is 1. The second-order valence-corrected chi connectivity index (χ2v) is 9.14. The first kappa shape index (κ1) is 20.0. The van der Waals surface area contributed by atoms with Crippen molar-refractivity contribution in [3.8, 4) is 11.5 Å². The minimum absolute atomic E-state index is 0.0985. The lowest BCUT2D eigenvalue weighted by molar-refractivity contribution is -0.113. The Kier molecular flexibility index (Phi) is 6.25. The van der Waals surface area contributed by atoms with Crippen LogP contribution in [0.2, 0.25) is 10.0 Å². The number of amides is 1. The molecule has 146 valence electrons. The van der Waals surface area contributed by atoms with Crippen LogP contribution in [0.5, 0.6) is 11.5 Å². The molecule has 0 aliphatic rings. The molecule has 29 heavy (non-hydrogen) atoms. The number of carbonyl (C=O) groups is 1. The zero-order valence-electron chi connectivity index (χ0n) is 14.9. The Morgan fingerprint density at radius 1 is 0.966 bits per heavy atom. The van der Waals surface area contributed by atoms with Gasteiger partial charge in [-0.15, -0.1) is 11.3 Å². The van der Waals surface area contributed by atoms with Gasteiger partial charge in [0, 0.05) is 15.7 Å². The Labute approximate surface area is 185 Å². The van der Waals surface area contributed by atoms with Gasteiger partial charge in [-0.3, -0.25) is 4.79 Å². The van der Waals surface area contributed by atoms with E-state index in [4.69, 9.17) is 27.9 Å². The van der Waals surface area contributed by atoms with E-state index >= 15 is 0 Å². The number of hydrogen-bond donors (Lipinski definition) is 1. The first-order valence-corrected chi connectivity index (χ1v) is 11.1. The molecule has 3 aromatic carbocycles. The highest BCUT2D eigenvalue weighted by Crippen LogP contribution is 2.31. The molecule has 4 rings (SSSR count). The lowest BCUT2D eigenvalue weighted by Crippen LogP contribution is -2.13. The van der Waals surface area contributed by atoms with Gasteiger partial charge in [0.1, 0.15) is 11.5 Å². The van der Waals surface area contributed by atoms with Crippen molar-refractivity contribution >= 4 is 68.1 Å². The molecule has 1 N–H and O–H groups in total. The fraction of sp³-hybridized carbons (Fsp3) is 0.0476. The lowest BCUT2D eigenvalue weighted by atomic mass is 10.3. The molecule has 1 heterocycles. The highest BCUT2D eigenvalue weighted by Gasteiger charge is 2.09. The molecule has 1 aromatic heterocycles. The molecule has 1 amide bonds. The van der Waals surface area contributed by atoms with Crippen molar-refractivity contribution in [2.75, 3.05) is 11.1 Å². The maximum absolute atomic E-state index is 12.2. The number of hydrogen-bond acceptors (Lipinski definition) is 5. The van der Waals surface area contributed by atoms with Crippen LogP contribution in [0.25, 0.3) is 10.2 Å². The maximum Gasteiger partial charge on any atom is 0.234 e. The van der Waals surface area contributed by atoms with Gasteiger partial charge in [-0.1, -0.05) is 35.0 Å². The fourth-order valence-electron chi connectivity index (χ4n) is 2.51. The molecule has 0 spiro atoms. The maximum atomic E-state index is 12.2. The van der Waals surface area contributed by atoms with Gasteiger partial charge in [0.15, 0.2) is 4.34 Å². The van der Waals surface area contributed by atoms with Crippen LogP contribution < -0.4 is 10.1 Å². The summed E-state index contributed by atoms with van der Waals surface area (Å²) < 4.78 is 7.63. The van der Waals surface area contributed by atoms with Crippen molar-refractivity contribution in [3.05, 3.63) is 76.8 Å². The average Bonchev–Trinajstić information content (AvgIpc) is 3.12. The number of aromatic nitrogens is 1. The Bertz CT molecular complexity index is 1150. The van der Waals surface area contributed by atoms with E-state index < -0.39 is 0 Å². The monoisotopic (exact) mass is 460 g/mol. The minimum atomic E-state index is -0.0985. The Hall–Kier alpha value is -2.25. The Balaban J connectivity index is 1.31. The Morgan fingerprint density at radius 2 is 1.62 bits per heavy atom. The largest absolute Gasteiger partial charge is 0.457 e. The topological polar surface area (TPSA) is 51.2 Å². The van der Waals surface area contributed by atoms with Crippen LogP contribution >= 0.6 is 46.3 Å². The zero-order valence-corrected chi connectivity index (χ0v) is 18.0. The third kappa shape index (κ3) is 5.42. The van der Waals surface area contributed by atoms with Gasteiger partial charge in [0.2, 0.25) is 5.91 Å². The number of benzene rings is 3. The summed E-state index contributed by atoms with van der Waals surface area (Å²) in [6.45, 7) is 0. The number of carbonyl (C=O) groups excluding carboxylic acids is 1. The van der Waals surface area contributed by atoms with Gasteiger partial charge < -0.3 is 10.1 Å². The summed E-state index contributed by atoms with van der Waals surface area (Å²) in [4.78, 5) is 16.7. The molecule has 0 unspecified atom stereocenters. The highest BCUT2D eigenvalue weighted by atomic mass is 35.5. The first-order valence-electron chi connectivity index (χ1n) is 8.57. The highest BCUT2D eigenvalue weighted by molar-refractivity contribution is 8.01. The number of nitrogens with one attached hydrogen (secondary N) is 1. The molecule has 4 aromatic rings. The van der Waals surface area contributed by atoms with Gasteiger partial charge in [0.25, 0.3) is 0 Å². The SMILES string of the molecule is O=C(CSc1nc2cc(Cl)ccc2s1)Nc1ccc(Oc2ccc(Cl)cc2)cc1. The number of fused-ring (bicyclic) bond motifs is 1. The fourth-order valence-corrected chi connectivity index (χ4v) is 4.65. The van der Waals surface area contributed by atoms with Crippen molar-refractivity contribution in [2.45, 2.75) is 4.34 Å². The number of thioether (sulfide) groups is 1. The van der Waals surface area contributed by atoms with E-state index in [9.17, 15) is 4.79 Å². The van der Waals surface area contributed by atoms with Gasteiger partial charge in [-0.05, 0) is 66.7 Å². The predicted octanol–water partition coefficient (Wildman–Crippen LogP) is 7.13. The molecule has 0 aliphatic carbocycles. The van der Waals surface area contributed by atoms with E-state index in [1.165, 1.54) is 11.8 Å². The molecule has 0 saturated carbocycles. The Morgan fingerprint density at radius 3 is 2.34 bits per heavy atom.